The highest BCUT2D eigenvalue weighted by atomic mass is 16.5. The third-order valence-electron chi connectivity index (χ3n) is 7.46. The van der Waals surface area contributed by atoms with E-state index in [4.69, 9.17) is 15.9 Å². The van der Waals surface area contributed by atoms with E-state index in [1.807, 2.05) is 58.0 Å². The molecule has 0 radical (unpaired) electrons. The number of hydrogen-bond donors (Lipinski definition) is 6. The van der Waals surface area contributed by atoms with Gasteiger partial charge >= 0.3 is 6.09 Å². The van der Waals surface area contributed by atoms with Crippen LogP contribution in [0.1, 0.15) is 61.2 Å². The average Bonchev–Trinajstić information content (AvgIpc) is 3.08. The van der Waals surface area contributed by atoms with Gasteiger partial charge < -0.3 is 26.4 Å². The first-order valence-electron chi connectivity index (χ1n) is 15.9. The van der Waals surface area contributed by atoms with E-state index < -0.39 is 17.6 Å². The fourth-order valence-electron chi connectivity index (χ4n) is 4.71. The van der Waals surface area contributed by atoms with Crippen LogP contribution in [0.2, 0.25) is 0 Å². The number of nitrogens with two attached hydrogens (primary N) is 1. The number of ether oxygens (including phenoxy) is 1. The second kappa shape index (κ2) is 16.7. The highest BCUT2D eigenvalue weighted by molar-refractivity contribution is 6.04. The molecule has 0 spiro atoms. The number of nitrogens with one attached hydrogen (secondary N) is 5. The summed E-state index contributed by atoms with van der Waals surface area (Å²) in [5, 5.41) is 19.4. The van der Waals surface area contributed by atoms with Crippen LogP contribution in [0, 0.1) is 5.41 Å². The molecule has 1 heterocycles. The molecule has 1 aromatic heterocycles. The molecule has 1 atom stereocenters. The SMILES string of the molecule is CC[C@@H](C)NC(=O)c1cc(N)cc(-c2cnc(NC(C)C)c(=O)n2CC(=O)NCc2ccc(C(=N)NC(=O)OCc3ccccc3)cc2)c1. The summed E-state index contributed by atoms with van der Waals surface area (Å²) in [5.41, 5.74) is 9.07. The lowest BCUT2D eigenvalue weighted by atomic mass is 10.1. The molecule has 0 saturated heterocycles. The summed E-state index contributed by atoms with van der Waals surface area (Å²) < 4.78 is 6.47. The van der Waals surface area contributed by atoms with Crippen LogP contribution in [0.4, 0.5) is 16.3 Å². The fourth-order valence-corrected chi connectivity index (χ4v) is 4.71. The summed E-state index contributed by atoms with van der Waals surface area (Å²) in [7, 11) is 0. The third-order valence-corrected chi connectivity index (χ3v) is 7.46. The van der Waals surface area contributed by atoms with E-state index in [0.717, 1.165) is 17.5 Å². The molecule has 13 nitrogen and oxygen atoms in total. The van der Waals surface area contributed by atoms with Gasteiger partial charge in [-0.3, -0.25) is 29.7 Å². The van der Waals surface area contributed by atoms with E-state index >= 15 is 0 Å². The molecule has 7 N–H and O–H groups in total. The minimum absolute atomic E-state index is 0.0451. The summed E-state index contributed by atoms with van der Waals surface area (Å²) in [6.45, 7) is 7.49. The Labute approximate surface area is 284 Å². The lowest BCUT2D eigenvalue weighted by molar-refractivity contribution is -0.121. The van der Waals surface area contributed by atoms with Gasteiger partial charge in [-0.05, 0) is 56.5 Å². The summed E-state index contributed by atoms with van der Waals surface area (Å²) in [4.78, 5) is 56.1. The zero-order chi connectivity index (χ0) is 35.5. The van der Waals surface area contributed by atoms with Crippen molar-refractivity contribution in [2.45, 2.75) is 65.9 Å². The van der Waals surface area contributed by atoms with Crippen molar-refractivity contribution in [1.82, 2.24) is 25.5 Å². The van der Waals surface area contributed by atoms with Crippen molar-refractivity contribution in [2.75, 3.05) is 11.1 Å². The standard InChI is InChI=1S/C36H42N8O5/c1-5-23(4)42-34(46)28-15-27(16-29(37)17-28)30-19-40-33(41-22(2)3)35(47)44(30)20-31(45)39-18-24-11-13-26(14-12-24)32(38)43-36(48)49-21-25-9-7-6-8-10-25/h6-17,19,22-23H,5,18,20-21,37H2,1-4H3,(H,39,45)(H,40,41)(H,42,46)(H2,38,43,48)/t23-/m1/s1. The second-order valence-corrected chi connectivity index (χ2v) is 11.8. The predicted molar refractivity (Wildman–Crippen MR) is 189 cm³/mol. The zero-order valence-corrected chi connectivity index (χ0v) is 28.0. The smallest absolute Gasteiger partial charge is 0.413 e. The number of anilines is 2. The first kappa shape index (κ1) is 35.9. The van der Waals surface area contributed by atoms with Crippen LogP contribution in [-0.2, 0) is 29.2 Å². The molecule has 0 aliphatic carbocycles. The number of alkyl carbamates (subject to hydrolysis) is 1. The minimum Gasteiger partial charge on any atom is -0.444 e. The zero-order valence-electron chi connectivity index (χ0n) is 28.0. The molecule has 3 amide bonds. The number of amidine groups is 1. The summed E-state index contributed by atoms with van der Waals surface area (Å²) in [6, 6.07) is 20.6. The van der Waals surface area contributed by atoms with Crippen molar-refractivity contribution in [3.8, 4) is 11.3 Å². The maximum atomic E-state index is 13.6. The van der Waals surface area contributed by atoms with E-state index in [2.05, 4.69) is 26.3 Å². The van der Waals surface area contributed by atoms with Crippen LogP contribution in [-0.4, -0.2) is 45.4 Å². The summed E-state index contributed by atoms with van der Waals surface area (Å²) >= 11 is 0. The number of rotatable bonds is 13. The van der Waals surface area contributed by atoms with E-state index in [1.54, 1.807) is 42.5 Å². The van der Waals surface area contributed by atoms with Gasteiger partial charge in [0.25, 0.3) is 11.5 Å². The van der Waals surface area contributed by atoms with E-state index in [0.29, 0.717) is 28.1 Å². The van der Waals surface area contributed by atoms with E-state index in [1.165, 1.54) is 10.8 Å². The van der Waals surface area contributed by atoms with Crippen LogP contribution >= 0.6 is 0 Å². The van der Waals surface area contributed by atoms with Crippen LogP contribution in [0.3, 0.4) is 0 Å². The van der Waals surface area contributed by atoms with Crippen LogP contribution in [0.25, 0.3) is 11.3 Å². The number of aromatic nitrogens is 2. The first-order chi connectivity index (χ1) is 23.4. The quantitative estimate of drug-likeness (QED) is 0.0686. The molecule has 49 heavy (non-hydrogen) atoms. The molecule has 0 saturated carbocycles. The molecule has 4 aromatic rings. The van der Waals surface area contributed by atoms with Crippen LogP contribution in [0.15, 0.2) is 83.8 Å². The largest absolute Gasteiger partial charge is 0.444 e. The lowest BCUT2D eigenvalue weighted by Crippen LogP contribution is -2.35. The Hall–Kier alpha value is -5.98. The highest BCUT2D eigenvalue weighted by Gasteiger charge is 2.18. The molecule has 256 valence electrons. The first-order valence-corrected chi connectivity index (χ1v) is 15.9. The molecule has 0 fully saturated rings. The molecule has 0 aliphatic rings. The maximum absolute atomic E-state index is 13.6. The number of hydrogen-bond acceptors (Lipinski definition) is 9. The molecule has 13 heteroatoms. The van der Waals surface area contributed by atoms with Crippen LogP contribution < -0.4 is 32.6 Å². The Morgan fingerprint density at radius 2 is 1.67 bits per heavy atom. The minimum atomic E-state index is -0.744. The third kappa shape index (κ3) is 10.3. The number of carbonyl (C=O) groups is 3. The van der Waals surface area contributed by atoms with Crippen molar-refractivity contribution < 1.29 is 19.1 Å². The van der Waals surface area contributed by atoms with E-state index in [9.17, 15) is 19.2 Å². The van der Waals surface area contributed by atoms with Gasteiger partial charge in [-0.2, -0.15) is 0 Å². The maximum Gasteiger partial charge on any atom is 0.413 e. The summed E-state index contributed by atoms with van der Waals surface area (Å²) in [6.07, 6.45) is 1.48. The molecular formula is C36H42N8O5. The van der Waals surface area contributed by atoms with Crippen molar-refractivity contribution in [2.24, 2.45) is 0 Å². The van der Waals surface area contributed by atoms with Crippen molar-refractivity contribution >= 4 is 35.2 Å². The van der Waals surface area contributed by atoms with Gasteiger partial charge in [-0.1, -0.05) is 61.5 Å². The Balaban J connectivity index is 1.45. The van der Waals surface area contributed by atoms with Gasteiger partial charge in [-0.25, -0.2) is 9.78 Å². The second-order valence-electron chi connectivity index (χ2n) is 11.8. The Kier molecular flexibility index (Phi) is 12.2. The van der Waals surface area contributed by atoms with Gasteiger partial charge in [0.1, 0.15) is 19.0 Å². The predicted octanol–water partition coefficient (Wildman–Crippen LogP) is 4.41. The normalized spacial score (nSPS) is 11.4. The Morgan fingerprint density at radius 1 is 0.959 bits per heavy atom. The number of nitrogen functional groups attached to an aromatic ring is 1. The highest BCUT2D eigenvalue weighted by Crippen LogP contribution is 2.24. The molecule has 0 aliphatic heterocycles. The number of benzene rings is 3. The van der Waals surface area contributed by atoms with Gasteiger partial charge in [0.2, 0.25) is 5.91 Å². The lowest BCUT2D eigenvalue weighted by Gasteiger charge is -2.17. The molecule has 4 rings (SSSR count). The van der Waals surface area contributed by atoms with Crippen molar-refractivity contribution in [3.05, 3.63) is 112 Å². The van der Waals surface area contributed by atoms with Crippen LogP contribution in [0.5, 0.6) is 0 Å². The molecule has 0 unspecified atom stereocenters. The number of carbonyl (C=O) groups excluding carboxylic acids is 3. The monoisotopic (exact) mass is 666 g/mol. The number of amides is 3. The Morgan fingerprint density at radius 3 is 2.35 bits per heavy atom. The van der Waals surface area contributed by atoms with Gasteiger partial charge in [0, 0.05) is 41.0 Å². The number of nitrogens with zero attached hydrogens (tertiary/aromatic N) is 2. The van der Waals surface area contributed by atoms with Gasteiger partial charge in [0.15, 0.2) is 5.82 Å². The Bertz CT molecular complexity index is 1860. The van der Waals surface area contributed by atoms with Crippen molar-refractivity contribution in [3.63, 3.8) is 0 Å². The molecular weight excluding hydrogens is 624 g/mol. The average molecular weight is 667 g/mol. The van der Waals surface area contributed by atoms with Gasteiger partial charge in [0.05, 0.1) is 11.9 Å². The molecule has 3 aromatic carbocycles. The topological polar surface area (TPSA) is 193 Å². The fraction of sp³-hybridized carbons (Fsp3) is 0.278. The van der Waals surface area contributed by atoms with Gasteiger partial charge in [-0.15, -0.1) is 0 Å². The van der Waals surface area contributed by atoms with Crippen molar-refractivity contribution in [1.29, 1.82) is 5.41 Å². The molecule has 0 bridgehead atoms. The van der Waals surface area contributed by atoms with E-state index in [-0.39, 0.29) is 49.3 Å². The summed E-state index contributed by atoms with van der Waals surface area (Å²) in [5.74, 6) is -0.796.